The van der Waals surface area contributed by atoms with Crippen LogP contribution in [0.1, 0.15) is 18.5 Å². The minimum absolute atomic E-state index is 0.241. The molecule has 1 aromatic rings. The van der Waals surface area contributed by atoms with E-state index in [-0.39, 0.29) is 12.1 Å². The maximum atomic E-state index is 12.8. The summed E-state index contributed by atoms with van der Waals surface area (Å²) in [4.78, 5) is 1.85. The Kier molecular flexibility index (Phi) is 4.40. The lowest BCUT2D eigenvalue weighted by Gasteiger charge is -2.22. The van der Waals surface area contributed by atoms with Crippen LogP contribution in [-0.4, -0.2) is 26.8 Å². The van der Waals surface area contributed by atoms with Crippen LogP contribution in [0.5, 0.6) is 0 Å². The molecule has 0 radical (unpaired) electrons. The molecular formula is C12H17F3N2. The second-order valence-electron chi connectivity index (χ2n) is 4.02. The molecule has 0 aliphatic heterocycles. The fourth-order valence-electron chi connectivity index (χ4n) is 1.59. The number of nitrogens with zero attached hydrogens (tertiary/aromatic N) is 1. The summed E-state index contributed by atoms with van der Waals surface area (Å²) in [6, 6.07) is 4.80. The number of benzene rings is 1. The standard InChI is InChI=1S/C12H17F3N2/c1-4-16-11(12(13,14)15)9-5-7-10(8-6-9)17(2)3/h5-8,11,16H,4H2,1-3H3. The van der Waals surface area contributed by atoms with Gasteiger partial charge in [0.1, 0.15) is 6.04 Å². The highest BCUT2D eigenvalue weighted by Gasteiger charge is 2.39. The van der Waals surface area contributed by atoms with Gasteiger partial charge in [-0.25, -0.2) is 0 Å². The molecule has 1 N–H and O–H groups in total. The normalized spacial score (nSPS) is 13.5. The minimum Gasteiger partial charge on any atom is -0.378 e. The SMILES string of the molecule is CCNC(c1ccc(N(C)C)cc1)C(F)(F)F. The predicted octanol–water partition coefficient (Wildman–Crippen LogP) is 2.97. The van der Waals surface area contributed by atoms with Crippen molar-refractivity contribution in [2.75, 3.05) is 25.5 Å². The first kappa shape index (κ1) is 13.8. The Morgan fingerprint density at radius 2 is 1.71 bits per heavy atom. The summed E-state index contributed by atoms with van der Waals surface area (Å²) in [5.41, 5.74) is 1.12. The van der Waals surface area contributed by atoms with Crippen LogP contribution in [0.15, 0.2) is 24.3 Å². The third kappa shape index (κ3) is 3.63. The van der Waals surface area contributed by atoms with Crippen LogP contribution in [0.2, 0.25) is 0 Å². The Bertz CT molecular complexity index is 344. The molecule has 0 aliphatic rings. The second-order valence-corrected chi connectivity index (χ2v) is 4.02. The molecule has 96 valence electrons. The van der Waals surface area contributed by atoms with E-state index in [1.807, 2.05) is 19.0 Å². The van der Waals surface area contributed by atoms with Crippen molar-refractivity contribution in [3.05, 3.63) is 29.8 Å². The van der Waals surface area contributed by atoms with E-state index in [0.717, 1.165) is 5.69 Å². The summed E-state index contributed by atoms with van der Waals surface area (Å²) in [6.45, 7) is 1.94. The van der Waals surface area contributed by atoms with Gasteiger partial charge in [0.05, 0.1) is 0 Å². The third-order valence-corrected chi connectivity index (χ3v) is 2.48. The van der Waals surface area contributed by atoms with Crippen LogP contribution in [0.25, 0.3) is 0 Å². The maximum absolute atomic E-state index is 12.8. The van der Waals surface area contributed by atoms with Gasteiger partial charge >= 0.3 is 6.18 Å². The molecule has 17 heavy (non-hydrogen) atoms. The van der Waals surface area contributed by atoms with Gasteiger partial charge in [-0.3, -0.25) is 0 Å². The highest BCUT2D eigenvalue weighted by Crippen LogP contribution is 2.33. The summed E-state index contributed by atoms with van der Waals surface area (Å²) < 4.78 is 38.3. The van der Waals surface area contributed by atoms with Gasteiger partial charge < -0.3 is 10.2 Å². The number of hydrogen-bond acceptors (Lipinski definition) is 2. The van der Waals surface area contributed by atoms with Gasteiger partial charge in [0.25, 0.3) is 0 Å². The quantitative estimate of drug-likeness (QED) is 0.878. The van der Waals surface area contributed by atoms with Gasteiger partial charge in [0.2, 0.25) is 0 Å². The van der Waals surface area contributed by atoms with Gasteiger partial charge in [0, 0.05) is 19.8 Å². The fraction of sp³-hybridized carbons (Fsp3) is 0.500. The highest BCUT2D eigenvalue weighted by atomic mass is 19.4. The topological polar surface area (TPSA) is 15.3 Å². The van der Waals surface area contributed by atoms with E-state index in [2.05, 4.69) is 5.32 Å². The molecule has 0 bridgehead atoms. The van der Waals surface area contributed by atoms with Crippen molar-refractivity contribution in [3.8, 4) is 0 Å². The van der Waals surface area contributed by atoms with E-state index in [1.165, 1.54) is 12.1 Å². The van der Waals surface area contributed by atoms with E-state index < -0.39 is 12.2 Å². The molecule has 1 unspecified atom stereocenters. The Morgan fingerprint density at radius 1 is 1.18 bits per heavy atom. The van der Waals surface area contributed by atoms with Crippen molar-refractivity contribution in [2.24, 2.45) is 0 Å². The second kappa shape index (κ2) is 5.40. The molecule has 2 nitrogen and oxygen atoms in total. The van der Waals surface area contributed by atoms with Crippen LogP contribution in [0.3, 0.4) is 0 Å². The zero-order chi connectivity index (χ0) is 13.1. The molecule has 0 saturated carbocycles. The number of anilines is 1. The van der Waals surface area contributed by atoms with Crippen molar-refractivity contribution in [3.63, 3.8) is 0 Å². The summed E-state index contributed by atoms with van der Waals surface area (Å²) in [7, 11) is 3.70. The molecule has 0 amide bonds. The Balaban J connectivity index is 2.95. The molecular weight excluding hydrogens is 229 g/mol. The van der Waals surface area contributed by atoms with Gasteiger partial charge in [-0.1, -0.05) is 19.1 Å². The first-order chi connectivity index (χ1) is 7.86. The lowest BCUT2D eigenvalue weighted by atomic mass is 10.1. The van der Waals surface area contributed by atoms with Gasteiger partial charge in [-0.05, 0) is 24.2 Å². The monoisotopic (exact) mass is 246 g/mol. The fourth-order valence-corrected chi connectivity index (χ4v) is 1.59. The summed E-state index contributed by atoms with van der Waals surface area (Å²) in [5, 5.41) is 2.45. The van der Waals surface area contributed by atoms with Gasteiger partial charge in [-0.2, -0.15) is 13.2 Å². The smallest absolute Gasteiger partial charge is 0.378 e. The Labute approximate surface area is 99.4 Å². The number of hydrogen-bond donors (Lipinski definition) is 1. The lowest BCUT2D eigenvalue weighted by Crippen LogP contribution is -2.34. The lowest BCUT2D eigenvalue weighted by molar-refractivity contribution is -0.157. The van der Waals surface area contributed by atoms with E-state index >= 15 is 0 Å². The molecule has 0 aromatic heterocycles. The molecule has 1 rings (SSSR count). The molecule has 5 heteroatoms. The van der Waals surface area contributed by atoms with Gasteiger partial charge in [0.15, 0.2) is 0 Å². The summed E-state index contributed by atoms with van der Waals surface area (Å²) in [6.07, 6.45) is -4.27. The average Bonchev–Trinajstić information content (AvgIpc) is 2.24. The van der Waals surface area contributed by atoms with Crippen molar-refractivity contribution in [1.82, 2.24) is 5.32 Å². The largest absolute Gasteiger partial charge is 0.407 e. The van der Waals surface area contributed by atoms with Crippen molar-refractivity contribution >= 4 is 5.69 Å². The van der Waals surface area contributed by atoms with E-state index in [1.54, 1.807) is 19.1 Å². The summed E-state index contributed by atoms with van der Waals surface area (Å²) in [5.74, 6) is 0. The number of rotatable bonds is 4. The van der Waals surface area contributed by atoms with Crippen LogP contribution < -0.4 is 10.2 Å². The highest BCUT2D eigenvalue weighted by molar-refractivity contribution is 5.46. The van der Waals surface area contributed by atoms with E-state index in [0.29, 0.717) is 0 Å². The number of halogens is 3. The zero-order valence-electron chi connectivity index (χ0n) is 10.2. The molecule has 0 spiro atoms. The first-order valence-electron chi connectivity index (χ1n) is 5.43. The van der Waals surface area contributed by atoms with Crippen LogP contribution in [0.4, 0.5) is 18.9 Å². The Hall–Kier alpha value is -1.23. The van der Waals surface area contributed by atoms with Crippen LogP contribution in [-0.2, 0) is 0 Å². The predicted molar refractivity (Wildman–Crippen MR) is 63.2 cm³/mol. The van der Waals surface area contributed by atoms with Crippen molar-refractivity contribution < 1.29 is 13.2 Å². The zero-order valence-corrected chi connectivity index (χ0v) is 10.2. The van der Waals surface area contributed by atoms with E-state index in [4.69, 9.17) is 0 Å². The number of alkyl halides is 3. The molecule has 1 atom stereocenters. The maximum Gasteiger partial charge on any atom is 0.407 e. The number of nitrogens with one attached hydrogen (secondary N) is 1. The average molecular weight is 246 g/mol. The molecule has 0 saturated heterocycles. The van der Waals surface area contributed by atoms with Gasteiger partial charge in [-0.15, -0.1) is 0 Å². The van der Waals surface area contributed by atoms with Crippen molar-refractivity contribution in [2.45, 2.75) is 19.1 Å². The van der Waals surface area contributed by atoms with E-state index in [9.17, 15) is 13.2 Å². The molecule has 0 aliphatic carbocycles. The summed E-state index contributed by atoms with van der Waals surface area (Å²) >= 11 is 0. The molecule has 1 aromatic carbocycles. The third-order valence-electron chi connectivity index (χ3n) is 2.48. The van der Waals surface area contributed by atoms with Crippen LogP contribution >= 0.6 is 0 Å². The van der Waals surface area contributed by atoms with Crippen molar-refractivity contribution in [1.29, 1.82) is 0 Å². The molecule has 0 fully saturated rings. The first-order valence-corrected chi connectivity index (χ1v) is 5.43. The van der Waals surface area contributed by atoms with Crippen LogP contribution in [0, 0.1) is 0 Å². The molecule has 0 heterocycles. The Morgan fingerprint density at radius 3 is 2.06 bits per heavy atom. The minimum atomic E-state index is -4.27.